The van der Waals surface area contributed by atoms with Crippen LogP contribution in [0.1, 0.15) is 19.4 Å². The van der Waals surface area contributed by atoms with Crippen molar-refractivity contribution >= 4 is 41.3 Å². The molecule has 18 nitrogen and oxygen atoms in total. The second-order valence-corrected chi connectivity index (χ2v) is 12.4. The fourth-order valence-electron chi connectivity index (χ4n) is 4.85. The summed E-state index contributed by atoms with van der Waals surface area (Å²) in [6.07, 6.45) is -4.19. The molecule has 0 radical (unpaired) electrons. The number of fused-ring (bicyclic) bond motifs is 1. The zero-order chi connectivity index (χ0) is 29.7. The zero-order valence-corrected chi connectivity index (χ0v) is 23.4. The van der Waals surface area contributed by atoms with Crippen molar-refractivity contribution in [3.63, 3.8) is 0 Å². The number of methoxy groups -OCH3 is 1. The van der Waals surface area contributed by atoms with Crippen molar-refractivity contribution in [3.8, 4) is 0 Å². The lowest BCUT2D eigenvalue weighted by Crippen LogP contribution is -2.46. The summed E-state index contributed by atoms with van der Waals surface area (Å²) < 4.78 is 30.9. The number of nitrogen functional groups attached to an aromatic ring is 2. The van der Waals surface area contributed by atoms with Crippen molar-refractivity contribution in [2.24, 2.45) is 0 Å². The number of aliphatic hydroxyl groups is 3. The Morgan fingerprint density at radius 3 is 2.63 bits per heavy atom. The smallest absolute Gasteiger partial charge is 0.351 e. The minimum Gasteiger partial charge on any atom is -0.394 e. The normalized spacial score (nSPS) is 33.4. The van der Waals surface area contributed by atoms with Crippen LogP contribution in [0.4, 0.5) is 11.6 Å². The molecule has 1 unspecified atom stereocenters. The largest absolute Gasteiger partial charge is 0.394 e. The average Bonchev–Trinajstić information content (AvgIpc) is 3.56. The van der Waals surface area contributed by atoms with Gasteiger partial charge in [0.1, 0.15) is 53.8 Å². The van der Waals surface area contributed by atoms with E-state index >= 15 is 0 Å². The Balaban J connectivity index is 1.30. The lowest BCUT2D eigenvalue weighted by Gasteiger charge is -2.28. The van der Waals surface area contributed by atoms with Gasteiger partial charge in [0.25, 0.3) is 0 Å². The lowest BCUT2D eigenvalue weighted by atomic mass is 9.96. The Morgan fingerprint density at radius 1 is 1.20 bits per heavy atom. The summed E-state index contributed by atoms with van der Waals surface area (Å²) in [4.78, 5) is 39.1. The van der Waals surface area contributed by atoms with E-state index in [-0.39, 0.29) is 11.6 Å². The highest BCUT2D eigenvalue weighted by Gasteiger charge is 2.54. The average molecular weight is 617 g/mol. The van der Waals surface area contributed by atoms with Crippen LogP contribution in [0, 0.1) is 0 Å². The number of nitrogens with zero attached hydrogens (tertiary/aromatic N) is 6. The summed E-state index contributed by atoms with van der Waals surface area (Å²) in [5.74, 6) is 0.122. The molecule has 0 bridgehead atoms. The Labute approximate surface area is 236 Å². The second-order valence-electron chi connectivity index (χ2n) is 9.61. The molecule has 9 atom stereocenters. The van der Waals surface area contributed by atoms with Crippen LogP contribution in [0.2, 0.25) is 0 Å². The van der Waals surface area contributed by atoms with E-state index in [1.54, 1.807) is 0 Å². The monoisotopic (exact) mass is 616 g/mol. The second kappa shape index (κ2) is 11.2. The third-order valence-electron chi connectivity index (χ3n) is 6.91. The van der Waals surface area contributed by atoms with Crippen LogP contribution in [0.15, 0.2) is 29.7 Å². The van der Waals surface area contributed by atoms with E-state index in [2.05, 4.69) is 19.9 Å². The molecule has 2 saturated heterocycles. The first-order chi connectivity index (χ1) is 19.4. The predicted molar refractivity (Wildman–Crippen MR) is 142 cm³/mol. The van der Waals surface area contributed by atoms with Gasteiger partial charge < -0.3 is 50.4 Å². The summed E-state index contributed by atoms with van der Waals surface area (Å²) in [5, 5.41) is 31.6. The lowest BCUT2D eigenvalue weighted by molar-refractivity contribution is -0.0986. The standard InChI is InChI=1S/C21H29N8O10PS/c1-21(33)15(31)10(38-19(21)28-4-3-11(22)27-20(28)32)6-36-40(34,41)39-13-9(5-30)37-18(14(13)35-2)29-8-26-12-16(23)24-7-25-17(12)29/h3-4,7-10,13-15,18-19,30-31,33H,5-6H2,1-2H3,(H,34,41)(H2,22,27,32)(H2,23,24,25)/t9-,10-,13-,14-,15-,18-,19-,21-,40?/m1/s1. The van der Waals surface area contributed by atoms with Crippen LogP contribution in [-0.4, -0.2) is 106 Å². The zero-order valence-electron chi connectivity index (χ0n) is 21.7. The number of aliphatic hydroxyl groups excluding tert-OH is 2. The molecule has 8 N–H and O–H groups in total. The number of aromatic nitrogens is 6. The van der Waals surface area contributed by atoms with E-state index in [0.29, 0.717) is 11.2 Å². The third kappa shape index (κ3) is 5.46. The maximum Gasteiger partial charge on any atom is 0.351 e. The van der Waals surface area contributed by atoms with Crippen LogP contribution in [0.5, 0.6) is 0 Å². The van der Waals surface area contributed by atoms with E-state index in [1.807, 2.05) is 0 Å². The number of rotatable bonds is 9. The van der Waals surface area contributed by atoms with Crippen molar-refractivity contribution in [2.75, 3.05) is 31.8 Å². The minimum atomic E-state index is -4.11. The third-order valence-corrected chi connectivity index (χ3v) is 8.47. The van der Waals surface area contributed by atoms with Gasteiger partial charge in [-0.05, 0) is 24.8 Å². The summed E-state index contributed by atoms with van der Waals surface area (Å²) in [5.41, 5.74) is 9.30. The van der Waals surface area contributed by atoms with Crippen LogP contribution in [-0.2, 0) is 35.1 Å². The van der Waals surface area contributed by atoms with Crippen molar-refractivity contribution in [1.29, 1.82) is 0 Å². The fourth-order valence-corrected chi connectivity index (χ4v) is 6.29. The molecule has 0 saturated carbocycles. The molecule has 3 aromatic rings. The number of ether oxygens (including phenoxy) is 3. The topological polar surface area (TPSA) is 258 Å². The summed E-state index contributed by atoms with van der Waals surface area (Å²) in [7, 11) is 1.38. The van der Waals surface area contributed by atoms with Crippen molar-refractivity contribution < 1.29 is 43.5 Å². The van der Waals surface area contributed by atoms with E-state index in [0.717, 1.165) is 4.57 Å². The molecule has 5 rings (SSSR count). The van der Waals surface area contributed by atoms with Crippen LogP contribution >= 0.6 is 6.72 Å². The maximum atomic E-state index is 12.3. The molecule has 3 aromatic heterocycles. The Kier molecular flexibility index (Phi) is 8.14. The Hall–Kier alpha value is -2.68. The predicted octanol–water partition coefficient (Wildman–Crippen LogP) is -2.22. The van der Waals surface area contributed by atoms with E-state index in [1.165, 1.54) is 43.5 Å². The summed E-state index contributed by atoms with van der Waals surface area (Å²) in [6.45, 7) is -3.90. The van der Waals surface area contributed by atoms with Gasteiger partial charge in [0.2, 0.25) is 0 Å². The molecule has 5 heterocycles. The summed E-state index contributed by atoms with van der Waals surface area (Å²) >= 11 is 5.20. The summed E-state index contributed by atoms with van der Waals surface area (Å²) in [6, 6.07) is 1.33. The number of imidazole rings is 1. The molecule has 224 valence electrons. The molecule has 0 spiro atoms. The van der Waals surface area contributed by atoms with Crippen molar-refractivity contribution in [2.45, 2.75) is 55.5 Å². The van der Waals surface area contributed by atoms with Gasteiger partial charge in [0, 0.05) is 13.3 Å². The highest BCUT2D eigenvalue weighted by molar-refractivity contribution is 8.07. The molecule has 41 heavy (non-hydrogen) atoms. The van der Waals surface area contributed by atoms with Crippen LogP contribution in [0.3, 0.4) is 0 Å². The minimum absolute atomic E-state index is 0.0326. The van der Waals surface area contributed by atoms with E-state index < -0.39 is 74.2 Å². The van der Waals surface area contributed by atoms with Gasteiger partial charge in [-0.25, -0.2) is 19.7 Å². The molecular formula is C21H29N8O10PS. The van der Waals surface area contributed by atoms with Gasteiger partial charge in [-0.1, -0.05) is 0 Å². The number of hydrogen-bond acceptors (Lipinski definition) is 16. The Morgan fingerprint density at radius 2 is 1.95 bits per heavy atom. The van der Waals surface area contributed by atoms with Crippen LogP contribution in [0.25, 0.3) is 11.2 Å². The van der Waals surface area contributed by atoms with E-state index in [9.17, 15) is 25.0 Å². The van der Waals surface area contributed by atoms with Gasteiger partial charge in [-0.3, -0.25) is 13.7 Å². The number of nitrogens with two attached hydrogens (primary N) is 2. The molecule has 20 heteroatoms. The molecule has 2 aliphatic heterocycles. The van der Waals surface area contributed by atoms with Crippen LogP contribution < -0.4 is 17.2 Å². The first kappa shape index (κ1) is 29.8. The molecule has 2 fully saturated rings. The highest BCUT2D eigenvalue weighted by atomic mass is 32.5. The van der Waals surface area contributed by atoms with Gasteiger partial charge >= 0.3 is 12.4 Å². The van der Waals surface area contributed by atoms with Crippen molar-refractivity contribution in [1.82, 2.24) is 29.1 Å². The highest BCUT2D eigenvalue weighted by Crippen LogP contribution is 2.50. The first-order valence-electron chi connectivity index (χ1n) is 12.2. The number of anilines is 2. The molecule has 0 aromatic carbocycles. The quantitative estimate of drug-likeness (QED) is 0.139. The van der Waals surface area contributed by atoms with Gasteiger partial charge in [-0.15, -0.1) is 0 Å². The van der Waals surface area contributed by atoms with Gasteiger partial charge in [0.05, 0.1) is 19.5 Å². The van der Waals surface area contributed by atoms with Gasteiger partial charge in [0.15, 0.2) is 23.9 Å². The Bertz CT molecular complexity index is 1520. The van der Waals surface area contributed by atoms with Crippen molar-refractivity contribution in [3.05, 3.63) is 35.4 Å². The van der Waals surface area contributed by atoms with E-state index in [4.69, 9.17) is 46.5 Å². The number of hydrogen-bond donors (Lipinski definition) is 6. The first-order valence-corrected chi connectivity index (χ1v) is 14.8. The molecule has 2 aliphatic rings. The maximum absolute atomic E-state index is 12.3. The SMILES string of the molecule is CO[C@@H]1[C@H](OP(O)(=S)OC[C@H]2O[C@@H](n3ccc(N)nc3=O)[C@](C)(O)[C@@H]2O)[C@@H](CO)O[C@H]1n1cnc2c(N)ncnc21. The molecule has 0 amide bonds. The fraction of sp³-hybridized carbons (Fsp3) is 0.571. The molecular weight excluding hydrogens is 587 g/mol. The molecule has 0 aliphatic carbocycles. The van der Waals surface area contributed by atoms with Gasteiger partial charge in [-0.2, -0.15) is 4.98 Å².